The Balaban J connectivity index is 0.000000331. The van der Waals surface area contributed by atoms with Crippen LogP contribution in [0.2, 0.25) is 0 Å². The van der Waals surface area contributed by atoms with Crippen LogP contribution < -0.4 is 0 Å². The summed E-state index contributed by atoms with van der Waals surface area (Å²) in [4.78, 5) is 23.6. The first-order valence-corrected chi connectivity index (χ1v) is 11.7. The highest BCUT2D eigenvalue weighted by molar-refractivity contribution is 7.97. The smallest absolute Gasteiger partial charge is 0.339 e. The van der Waals surface area contributed by atoms with Gasteiger partial charge in [0.2, 0.25) is 5.12 Å². The summed E-state index contributed by atoms with van der Waals surface area (Å²) in [5, 5.41) is 9.97. The molecule has 6 heteroatoms. The average Bonchev–Trinajstić information content (AvgIpc) is 2.93. The van der Waals surface area contributed by atoms with Crippen molar-refractivity contribution in [2.24, 2.45) is 0 Å². The van der Waals surface area contributed by atoms with E-state index in [2.05, 4.69) is 33.4 Å². The fourth-order valence-corrected chi connectivity index (χ4v) is 5.28. The van der Waals surface area contributed by atoms with E-state index >= 15 is 0 Å². The highest BCUT2D eigenvalue weighted by Gasteiger charge is 2.41. The zero-order chi connectivity index (χ0) is 25.8. The molecule has 0 amide bonds. The van der Waals surface area contributed by atoms with Crippen molar-refractivity contribution in [1.82, 2.24) is 0 Å². The number of rotatable bonds is 2. The zero-order valence-corrected chi connectivity index (χ0v) is 24.5. The monoisotopic (exact) mass is 504 g/mol. The van der Waals surface area contributed by atoms with Gasteiger partial charge < -0.3 is 9.84 Å². The number of ether oxygens (including phenoxy) is 1. The number of thiol groups is 1. The number of carbonyl (C=O) groups is 2. The fourth-order valence-electron chi connectivity index (χ4n) is 5.00. The molecule has 0 aromatic heterocycles. The molecule has 0 spiro atoms. The third-order valence-electron chi connectivity index (χ3n) is 7.35. The number of aliphatic hydroxyl groups is 1. The molecule has 0 saturated heterocycles. The maximum Gasteiger partial charge on any atom is 0.339 e. The molecule has 0 aliphatic carbocycles. The first-order chi connectivity index (χ1) is 14.9. The Labute approximate surface area is 217 Å². The number of fused-ring (bicyclic) bond motifs is 1. The molecule has 0 saturated carbocycles. The molecule has 2 aromatic rings. The van der Waals surface area contributed by atoms with Crippen molar-refractivity contribution in [3.63, 3.8) is 0 Å². The molecule has 0 unspecified atom stereocenters. The van der Waals surface area contributed by atoms with E-state index in [-0.39, 0.29) is 24.6 Å². The summed E-state index contributed by atoms with van der Waals surface area (Å²) in [5.74, 6) is -0.177. The minimum Gasteiger partial charge on any atom is -0.451 e. The first kappa shape index (κ1) is 30.3. The second-order valence-electron chi connectivity index (χ2n) is 10.3. The number of hydrogen-bond acceptors (Lipinski definition) is 4. The Morgan fingerprint density at radius 1 is 0.794 bits per heavy atom. The molecule has 1 aliphatic rings. The standard InChI is InChI=1S/C14H20O2S.C14H18O2.H2S/c1-7-8(2)10(4)12(14(5,6)16)11(9(7)3)13(15)17;1-7-8(2)10(4)12-11(9(7)3)13(15)16-14(12,5)6;/h16H,1-6H3,(H,15,17);1-6H3;1H2. The molecule has 1 aliphatic heterocycles. The molecule has 1 heterocycles. The lowest BCUT2D eigenvalue weighted by atomic mass is 9.82. The minimum absolute atomic E-state index is 0. The van der Waals surface area contributed by atoms with Gasteiger partial charge in [0.05, 0.1) is 11.2 Å². The highest BCUT2D eigenvalue weighted by atomic mass is 32.1. The summed E-state index contributed by atoms with van der Waals surface area (Å²) >= 11 is 3.94. The van der Waals surface area contributed by atoms with E-state index in [0.29, 0.717) is 11.1 Å². The van der Waals surface area contributed by atoms with Gasteiger partial charge in [-0.2, -0.15) is 13.5 Å². The number of carbonyl (C=O) groups excluding carboxylic acids is 2. The van der Waals surface area contributed by atoms with Crippen molar-refractivity contribution in [3.05, 3.63) is 66.8 Å². The van der Waals surface area contributed by atoms with E-state index in [1.165, 1.54) is 16.7 Å². The second kappa shape index (κ2) is 10.1. The van der Waals surface area contributed by atoms with E-state index in [1.807, 2.05) is 48.5 Å². The molecule has 4 nitrogen and oxygen atoms in total. The lowest BCUT2D eigenvalue weighted by Crippen LogP contribution is -2.23. The summed E-state index contributed by atoms with van der Waals surface area (Å²) in [5.41, 5.74) is 10.4. The van der Waals surface area contributed by atoms with Crippen molar-refractivity contribution < 1.29 is 19.4 Å². The van der Waals surface area contributed by atoms with Crippen LogP contribution in [0, 0.1) is 55.4 Å². The van der Waals surface area contributed by atoms with E-state index in [1.54, 1.807) is 13.8 Å². The second-order valence-corrected chi connectivity index (χ2v) is 10.7. The summed E-state index contributed by atoms with van der Waals surface area (Å²) < 4.78 is 5.45. The summed E-state index contributed by atoms with van der Waals surface area (Å²) in [6, 6.07) is 0. The van der Waals surface area contributed by atoms with Crippen LogP contribution >= 0.6 is 26.1 Å². The average molecular weight is 505 g/mol. The molecular weight excluding hydrogens is 464 g/mol. The van der Waals surface area contributed by atoms with Gasteiger partial charge in [0.15, 0.2) is 0 Å². The van der Waals surface area contributed by atoms with Crippen LogP contribution in [0.15, 0.2) is 0 Å². The van der Waals surface area contributed by atoms with Gasteiger partial charge >= 0.3 is 5.97 Å². The molecule has 0 bridgehead atoms. The third kappa shape index (κ3) is 5.09. The highest BCUT2D eigenvalue weighted by Crippen LogP contribution is 2.42. The van der Waals surface area contributed by atoms with Gasteiger partial charge in [-0.15, -0.1) is 12.6 Å². The normalized spacial score (nSPS) is 14.0. The predicted octanol–water partition coefficient (Wildman–Crippen LogP) is 6.66. The van der Waals surface area contributed by atoms with Crippen LogP contribution in [-0.2, 0) is 15.9 Å². The quantitative estimate of drug-likeness (QED) is 0.355. The van der Waals surface area contributed by atoms with Crippen LogP contribution in [-0.4, -0.2) is 16.2 Å². The predicted molar refractivity (Wildman–Crippen MR) is 148 cm³/mol. The maximum atomic E-state index is 11.9. The van der Waals surface area contributed by atoms with Crippen molar-refractivity contribution in [1.29, 1.82) is 0 Å². The van der Waals surface area contributed by atoms with Gasteiger partial charge in [-0.3, -0.25) is 4.79 Å². The Bertz CT molecular complexity index is 1170. The number of hydrogen-bond donors (Lipinski definition) is 2. The van der Waals surface area contributed by atoms with Gasteiger partial charge in [-0.1, -0.05) is 0 Å². The van der Waals surface area contributed by atoms with Crippen LogP contribution in [0.25, 0.3) is 0 Å². The van der Waals surface area contributed by atoms with Gasteiger partial charge in [0.1, 0.15) is 5.60 Å². The summed E-state index contributed by atoms with van der Waals surface area (Å²) in [7, 11) is 0. The molecule has 188 valence electrons. The molecule has 34 heavy (non-hydrogen) atoms. The Kier molecular flexibility index (Phi) is 8.97. The molecule has 0 fully saturated rings. The zero-order valence-electron chi connectivity index (χ0n) is 22.6. The van der Waals surface area contributed by atoms with Crippen LogP contribution in [0.3, 0.4) is 0 Å². The lowest BCUT2D eigenvalue weighted by Gasteiger charge is -2.27. The van der Waals surface area contributed by atoms with Crippen LogP contribution in [0.1, 0.15) is 104 Å². The number of cyclic esters (lactones) is 1. The van der Waals surface area contributed by atoms with E-state index in [4.69, 9.17) is 4.74 Å². The topological polar surface area (TPSA) is 63.6 Å². The Morgan fingerprint density at radius 2 is 1.21 bits per heavy atom. The molecule has 2 aromatic carbocycles. The maximum absolute atomic E-state index is 11.9. The summed E-state index contributed by atoms with van der Waals surface area (Å²) in [6.07, 6.45) is 0. The molecule has 3 rings (SSSR count). The third-order valence-corrected chi connectivity index (χ3v) is 7.58. The van der Waals surface area contributed by atoms with Gasteiger partial charge in [-0.05, 0) is 133 Å². The van der Waals surface area contributed by atoms with Crippen molar-refractivity contribution in [2.75, 3.05) is 0 Å². The Morgan fingerprint density at radius 3 is 1.65 bits per heavy atom. The van der Waals surface area contributed by atoms with Crippen LogP contribution in [0.5, 0.6) is 0 Å². The van der Waals surface area contributed by atoms with Crippen molar-refractivity contribution >= 4 is 37.2 Å². The van der Waals surface area contributed by atoms with Gasteiger partial charge in [-0.25, -0.2) is 4.79 Å². The number of benzene rings is 2. The lowest BCUT2D eigenvalue weighted by molar-refractivity contribution is 0.00934. The SMILES string of the molecule is Cc1c(C)c(C)c(C(C)(C)O)c(C(=O)S)c1C.Cc1c(C)c(C)c2c(c1C)C(=O)OC2(C)C.S. The van der Waals surface area contributed by atoms with Crippen LogP contribution in [0.4, 0.5) is 0 Å². The largest absolute Gasteiger partial charge is 0.451 e. The molecular formula is C28H40O4S2. The fraction of sp³-hybridized carbons (Fsp3) is 0.500. The number of esters is 1. The van der Waals surface area contributed by atoms with Gasteiger partial charge in [0.25, 0.3) is 0 Å². The molecule has 0 radical (unpaired) electrons. The van der Waals surface area contributed by atoms with E-state index < -0.39 is 11.2 Å². The molecule has 0 atom stereocenters. The Hall–Kier alpha value is -1.76. The van der Waals surface area contributed by atoms with E-state index in [9.17, 15) is 14.7 Å². The van der Waals surface area contributed by atoms with Crippen molar-refractivity contribution in [3.8, 4) is 0 Å². The minimum atomic E-state index is -1.04. The first-order valence-electron chi connectivity index (χ1n) is 11.3. The molecule has 1 N–H and O–H groups in total. The van der Waals surface area contributed by atoms with E-state index in [0.717, 1.165) is 38.9 Å². The summed E-state index contributed by atoms with van der Waals surface area (Å²) in [6.45, 7) is 23.4. The van der Waals surface area contributed by atoms with Crippen molar-refractivity contribution in [2.45, 2.75) is 94.3 Å². The van der Waals surface area contributed by atoms with Gasteiger partial charge in [0, 0.05) is 11.1 Å².